The van der Waals surface area contributed by atoms with Gasteiger partial charge in [-0.15, -0.1) is 22.7 Å². The lowest BCUT2D eigenvalue weighted by molar-refractivity contribution is -0.285. The zero-order valence-corrected chi connectivity index (χ0v) is 27.4. The van der Waals surface area contributed by atoms with Gasteiger partial charge in [-0.25, -0.2) is 19.6 Å². The van der Waals surface area contributed by atoms with Gasteiger partial charge in [-0.3, -0.25) is 4.90 Å². The number of carbonyl (C=O) groups is 2. The van der Waals surface area contributed by atoms with Gasteiger partial charge in [0.05, 0.1) is 22.2 Å². The Balaban J connectivity index is 0.000000521. The van der Waals surface area contributed by atoms with E-state index in [1.54, 1.807) is 5.51 Å². The first kappa shape index (κ1) is 35.0. The first-order valence-corrected chi connectivity index (χ1v) is 14.1. The van der Waals surface area contributed by atoms with Gasteiger partial charge < -0.3 is 19.3 Å². The Hall–Kier alpha value is -0.960. The van der Waals surface area contributed by atoms with Gasteiger partial charge >= 0.3 is 11.9 Å². The number of ether oxygens (including phenoxy) is 3. The van der Waals surface area contributed by atoms with Crippen molar-refractivity contribution in [2.24, 2.45) is 0 Å². The maximum Gasteiger partial charge on any atom is 0.359 e. The number of carboxylic acid groups (broad SMARTS) is 1. The number of hydrogen-bond acceptors (Lipinski definition) is 10. The zero-order valence-electron chi connectivity index (χ0n) is 22.6. The lowest BCUT2D eigenvalue weighted by atomic mass is 10.2. The second-order valence-electron chi connectivity index (χ2n) is 10.5. The summed E-state index contributed by atoms with van der Waals surface area (Å²) in [7, 11) is 3.89. The predicted molar refractivity (Wildman–Crippen MR) is 151 cm³/mol. The SMILES string of the molecule is CC(C)(C)OC(=O)c1ncsc1Br.CN(C)C(OC(C)(C)C)OC(C)(C)C.O=C(O)c1ncsc1Br. The summed E-state index contributed by atoms with van der Waals surface area (Å²) in [5.41, 5.74) is 2.65. The van der Waals surface area contributed by atoms with E-state index in [4.69, 9.17) is 19.3 Å². The molecule has 0 aromatic carbocycles. The van der Waals surface area contributed by atoms with Crippen molar-refractivity contribution in [1.29, 1.82) is 0 Å². The van der Waals surface area contributed by atoms with Crippen LogP contribution < -0.4 is 0 Å². The Morgan fingerprint density at radius 3 is 1.44 bits per heavy atom. The first-order valence-electron chi connectivity index (χ1n) is 10.8. The number of carboxylic acids is 1. The number of esters is 1. The fourth-order valence-corrected chi connectivity index (χ4v) is 3.94. The molecule has 206 valence electrons. The highest BCUT2D eigenvalue weighted by Gasteiger charge is 2.26. The van der Waals surface area contributed by atoms with E-state index in [-0.39, 0.29) is 29.3 Å². The summed E-state index contributed by atoms with van der Waals surface area (Å²) in [6, 6.07) is 0. The molecule has 0 fully saturated rings. The molecule has 2 aromatic heterocycles. The van der Waals surface area contributed by atoms with E-state index in [1.807, 2.05) is 81.3 Å². The molecule has 0 atom stereocenters. The second-order valence-corrected chi connectivity index (χ2v) is 14.8. The third-order valence-electron chi connectivity index (χ3n) is 3.17. The van der Waals surface area contributed by atoms with Crippen molar-refractivity contribution in [3.63, 3.8) is 0 Å². The molecule has 0 aliphatic rings. The Kier molecular flexibility index (Phi) is 14.4. The normalized spacial score (nSPS) is 12.0. The molecule has 9 nitrogen and oxygen atoms in total. The molecule has 0 saturated carbocycles. The summed E-state index contributed by atoms with van der Waals surface area (Å²) < 4.78 is 18.0. The van der Waals surface area contributed by atoms with Crippen LogP contribution in [0.1, 0.15) is 83.3 Å². The summed E-state index contributed by atoms with van der Waals surface area (Å²) in [4.78, 5) is 31.0. The van der Waals surface area contributed by atoms with Crippen LogP contribution in [0.25, 0.3) is 0 Å². The van der Waals surface area contributed by atoms with Crippen molar-refractivity contribution in [2.45, 2.75) is 85.5 Å². The molecule has 2 rings (SSSR count). The van der Waals surface area contributed by atoms with Gasteiger partial charge in [0.15, 0.2) is 11.4 Å². The molecule has 36 heavy (non-hydrogen) atoms. The number of aromatic nitrogens is 2. The summed E-state index contributed by atoms with van der Waals surface area (Å²) in [6.45, 7) is 17.6. The second kappa shape index (κ2) is 14.8. The van der Waals surface area contributed by atoms with Gasteiger partial charge in [0.2, 0.25) is 6.41 Å². The minimum atomic E-state index is -0.997. The largest absolute Gasteiger partial charge is 0.476 e. The Labute approximate surface area is 238 Å². The topological polar surface area (TPSA) is 111 Å². The Morgan fingerprint density at radius 2 is 1.22 bits per heavy atom. The number of aromatic carboxylic acids is 1. The number of halogens is 2. The lowest BCUT2D eigenvalue weighted by Gasteiger charge is -2.35. The average Bonchev–Trinajstić information content (AvgIpc) is 3.26. The number of rotatable bonds is 5. The maximum atomic E-state index is 11.4. The van der Waals surface area contributed by atoms with Crippen LogP contribution in [0.3, 0.4) is 0 Å². The summed E-state index contributed by atoms with van der Waals surface area (Å²) in [5.74, 6) is -1.39. The molecular formula is C23H37Br2N3O6S2. The molecule has 13 heteroatoms. The molecule has 0 spiro atoms. The van der Waals surface area contributed by atoms with Crippen LogP contribution in [0.4, 0.5) is 0 Å². The van der Waals surface area contributed by atoms with Crippen molar-refractivity contribution in [2.75, 3.05) is 14.1 Å². The molecule has 0 aliphatic heterocycles. The molecule has 2 heterocycles. The molecule has 0 aliphatic carbocycles. The van der Waals surface area contributed by atoms with Crippen LogP contribution in [0.5, 0.6) is 0 Å². The van der Waals surface area contributed by atoms with Crippen molar-refractivity contribution < 1.29 is 28.9 Å². The Bertz CT molecular complexity index is 944. The van der Waals surface area contributed by atoms with Crippen molar-refractivity contribution in [1.82, 2.24) is 14.9 Å². The number of carbonyl (C=O) groups excluding carboxylic acids is 1. The molecule has 0 bridgehead atoms. The van der Waals surface area contributed by atoms with Crippen LogP contribution in [0.2, 0.25) is 0 Å². The molecule has 0 saturated heterocycles. The van der Waals surface area contributed by atoms with E-state index < -0.39 is 11.6 Å². The highest BCUT2D eigenvalue weighted by atomic mass is 79.9. The van der Waals surface area contributed by atoms with E-state index in [9.17, 15) is 9.59 Å². The summed E-state index contributed by atoms with van der Waals surface area (Å²) in [6.07, 6.45) is -0.296. The van der Waals surface area contributed by atoms with Gasteiger partial charge in [0, 0.05) is 0 Å². The van der Waals surface area contributed by atoms with Crippen molar-refractivity contribution >= 4 is 66.5 Å². The van der Waals surface area contributed by atoms with E-state index in [1.165, 1.54) is 28.2 Å². The molecular weight excluding hydrogens is 638 g/mol. The number of thiazole rings is 2. The van der Waals surface area contributed by atoms with Gasteiger partial charge in [0.25, 0.3) is 0 Å². The maximum absolute atomic E-state index is 11.4. The number of hydrogen-bond donors (Lipinski definition) is 1. The van der Waals surface area contributed by atoms with Crippen molar-refractivity contribution in [3.05, 3.63) is 30.0 Å². The third kappa shape index (κ3) is 16.0. The molecule has 0 unspecified atom stereocenters. The molecule has 2 aromatic rings. The predicted octanol–water partition coefficient (Wildman–Crippen LogP) is 6.93. The molecule has 0 amide bonds. The molecule has 0 radical (unpaired) electrons. The van der Waals surface area contributed by atoms with Gasteiger partial charge in [-0.2, -0.15) is 0 Å². The van der Waals surface area contributed by atoms with Crippen LogP contribution in [0, 0.1) is 0 Å². The standard InChI is InChI=1S/C11H25NO2.C8H10BrNO2S.C4H2BrNO2S/c1-10(2,3)13-9(12(7)8)14-11(4,5)6;1-8(2,3)12-7(11)5-6(9)13-4-10-5;5-3-2(4(7)8)6-1-9-3/h9H,1-8H3;4H,1-3H3;1H,(H,7,8). The Morgan fingerprint density at radius 1 is 0.833 bits per heavy atom. The minimum absolute atomic E-state index is 0.0833. The number of nitrogens with zero attached hydrogens (tertiary/aromatic N) is 3. The monoisotopic (exact) mass is 673 g/mol. The average molecular weight is 676 g/mol. The fraction of sp³-hybridized carbons (Fsp3) is 0.652. The van der Waals surface area contributed by atoms with E-state index in [0.717, 1.165) is 0 Å². The van der Waals surface area contributed by atoms with Gasteiger partial charge in [-0.05, 0) is 108 Å². The van der Waals surface area contributed by atoms with Crippen molar-refractivity contribution in [3.8, 4) is 0 Å². The minimum Gasteiger partial charge on any atom is -0.476 e. The summed E-state index contributed by atoms with van der Waals surface area (Å²) >= 11 is 8.89. The van der Waals surface area contributed by atoms with E-state index in [2.05, 4.69) is 41.8 Å². The quantitative estimate of drug-likeness (QED) is 0.267. The van der Waals surface area contributed by atoms with Crippen LogP contribution in [-0.4, -0.2) is 69.2 Å². The fourth-order valence-electron chi connectivity index (χ4n) is 1.90. The van der Waals surface area contributed by atoms with E-state index in [0.29, 0.717) is 13.3 Å². The lowest BCUT2D eigenvalue weighted by Crippen LogP contribution is -2.43. The summed E-state index contributed by atoms with van der Waals surface area (Å²) in [5, 5.41) is 8.37. The first-order chi connectivity index (χ1) is 16.1. The van der Waals surface area contributed by atoms with Crippen LogP contribution in [0.15, 0.2) is 18.6 Å². The third-order valence-corrected chi connectivity index (χ3v) is 6.27. The zero-order chi connectivity index (χ0) is 28.5. The van der Waals surface area contributed by atoms with Crippen LogP contribution >= 0.6 is 54.5 Å². The smallest absolute Gasteiger partial charge is 0.359 e. The van der Waals surface area contributed by atoms with Gasteiger partial charge in [-0.1, -0.05) is 0 Å². The highest BCUT2D eigenvalue weighted by molar-refractivity contribution is 9.11. The van der Waals surface area contributed by atoms with Gasteiger partial charge in [0.1, 0.15) is 13.2 Å². The molecule has 1 N–H and O–H groups in total. The van der Waals surface area contributed by atoms with Crippen LogP contribution in [-0.2, 0) is 14.2 Å². The highest BCUT2D eigenvalue weighted by Crippen LogP contribution is 2.23. The van der Waals surface area contributed by atoms with E-state index >= 15 is 0 Å².